The average molecular weight is 274 g/mol. The van der Waals surface area contributed by atoms with E-state index in [0.29, 0.717) is 5.92 Å². The molecule has 1 aromatic rings. The second kappa shape index (κ2) is 5.94. The minimum atomic E-state index is 0.138. The number of hydrogen-bond acceptors (Lipinski definition) is 3. The molecule has 2 heterocycles. The Bertz CT molecular complexity index is 501. The first-order chi connectivity index (χ1) is 9.78. The molecule has 1 fully saturated rings. The van der Waals surface area contributed by atoms with Crippen molar-refractivity contribution in [1.29, 1.82) is 0 Å². The molecule has 1 amide bonds. The Hall–Kier alpha value is -1.39. The van der Waals surface area contributed by atoms with Crippen LogP contribution < -0.4 is 5.32 Å². The van der Waals surface area contributed by atoms with Gasteiger partial charge in [-0.2, -0.15) is 0 Å². The molecular weight excluding hydrogens is 252 g/mol. The Kier molecular flexibility index (Phi) is 4.03. The normalized spacial score (nSPS) is 21.9. The summed E-state index contributed by atoms with van der Waals surface area (Å²) in [6.45, 7) is 3.71. The number of carbonyl (C=O) groups excluding carboxylic acids is 1. The highest BCUT2D eigenvalue weighted by molar-refractivity contribution is 5.94. The SMILES string of the molecule is O=C(c1ccc2c(c1)CNCC2)N1CCC(CCO)C1. The molecular formula is C16H22N2O2. The van der Waals surface area contributed by atoms with Gasteiger partial charge in [0.05, 0.1) is 0 Å². The van der Waals surface area contributed by atoms with E-state index in [1.54, 1.807) is 0 Å². The molecule has 1 unspecified atom stereocenters. The smallest absolute Gasteiger partial charge is 0.253 e. The number of fused-ring (bicyclic) bond motifs is 1. The van der Waals surface area contributed by atoms with Gasteiger partial charge in [0.15, 0.2) is 0 Å². The third kappa shape index (κ3) is 2.72. The summed E-state index contributed by atoms with van der Waals surface area (Å²) in [5.74, 6) is 0.599. The Morgan fingerprint density at radius 2 is 2.30 bits per heavy atom. The van der Waals surface area contributed by atoms with Crippen LogP contribution in [0.5, 0.6) is 0 Å². The van der Waals surface area contributed by atoms with Crippen molar-refractivity contribution in [3.8, 4) is 0 Å². The molecule has 0 aromatic heterocycles. The van der Waals surface area contributed by atoms with Crippen molar-refractivity contribution in [2.75, 3.05) is 26.2 Å². The zero-order valence-electron chi connectivity index (χ0n) is 11.8. The van der Waals surface area contributed by atoms with E-state index in [9.17, 15) is 4.79 Å². The maximum atomic E-state index is 12.5. The maximum Gasteiger partial charge on any atom is 0.253 e. The molecule has 2 aliphatic rings. The van der Waals surface area contributed by atoms with Crippen LogP contribution in [0.3, 0.4) is 0 Å². The first-order valence-electron chi connectivity index (χ1n) is 7.50. The van der Waals surface area contributed by atoms with Gasteiger partial charge in [-0.25, -0.2) is 0 Å². The van der Waals surface area contributed by atoms with Gasteiger partial charge in [0.2, 0.25) is 0 Å². The van der Waals surface area contributed by atoms with Crippen molar-refractivity contribution in [2.45, 2.75) is 25.8 Å². The second-order valence-electron chi connectivity index (χ2n) is 5.83. The molecule has 1 aromatic carbocycles. The third-order valence-corrected chi connectivity index (χ3v) is 4.45. The maximum absolute atomic E-state index is 12.5. The first-order valence-corrected chi connectivity index (χ1v) is 7.50. The molecule has 1 atom stereocenters. The number of amides is 1. The Balaban J connectivity index is 1.71. The molecule has 2 N–H and O–H groups in total. The monoisotopic (exact) mass is 274 g/mol. The quantitative estimate of drug-likeness (QED) is 0.870. The fourth-order valence-corrected chi connectivity index (χ4v) is 3.23. The molecule has 0 saturated carbocycles. The van der Waals surface area contributed by atoms with Crippen molar-refractivity contribution in [2.24, 2.45) is 5.92 Å². The lowest BCUT2D eigenvalue weighted by Crippen LogP contribution is -2.29. The number of rotatable bonds is 3. The van der Waals surface area contributed by atoms with Gasteiger partial charge in [-0.1, -0.05) is 6.07 Å². The van der Waals surface area contributed by atoms with Crippen molar-refractivity contribution < 1.29 is 9.90 Å². The van der Waals surface area contributed by atoms with E-state index < -0.39 is 0 Å². The highest BCUT2D eigenvalue weighted by Gasteiger charge is 2.26. The van der Waals surface area contributed by atoms with E-state index in [0.717, 1.165) is 51.0 Å². The van der Waals surface area contributed by atoms with Crippen molar-refractivity contribution in [3.05, 3.63) is 34.9 Å². The van der Waals surface area contributed by atoms with Gasteiger partial charge in [-0.3, -0.25) is 4.79 Å². The van der Waals surface area contributed by atoms with Crippen LogP contribution in [0.25, 0.3) is 0 Å². The second-order valence-corrected chi connectivity index (χ2v) is 5.83. The fourth-order valence-electron chi connectivity index (χ4n) is 3.23. The predicted molar refractivity (Wildman–Crippen MR) is 77.6 cm³/mol. The lowest BCUT2D eigenvalue weighted by Gasteiger charge is -2.20. The van der Waals surface area contributed by atoms with Crippen LogP contribution >= 0.6 is 0 Å². The van der Waals surface area contributed by atoms with Gasteiger partial charge >= 0.3 is 0 Å². The molecule has 0 bridgehead atoms. The summed E-state index contributed by atoms with van der Waals surface area (Å²) in [4.78, 5) is 14.5. The summed E-state index contributed by atoms with van der Waals surface area (Å²) in [7, 11) is 0. The molecule has 1 saturated heterocycles. The lowest BCUT2D eigenvalue weighted by molar-refractivity contribution is 0.0784. The molecule has 108 valence electrons. The van der Waals surface area contributed by atoms with Gasteiger partial charge in [-0.05, 0) is 55.0 Å². The number of carbonyl (C=O) groups is 1. The van der Waals surface area contributed by atoms with Crippen LogP contribution in [0, 0.1) is 5.92 Å². The van der Waals surface area contributed by atoms with E-state index in [1.807, 2.05) is 17.0 Å². The summed E-state index contributed by atoms with van der Waals surface area (Å²) in [6, 6.07) is 6.11. The van der Waals surface area contributed by atoms with E-state index in [4.69, 9.17) is 5.11 Å². The van der Waals surface area contributed by atoms with E-state index in [2.05, 4.69) is 11.4 Å². The standard InChI is InChI=1S/C16H22N2O2/c19-8-5-12-4-7-18(11-12)16(20)14-2-1-13-3-6-17-10-15(13)9-14/h1-2,9,12,17,19H,3-8,10-11H2. The summed E-state index contributed by atoms with van der Waals surface area (Å²) < 4.78 is 0. The zero-order valence-corrected chi connectivity index (χ0v) is 11.8. The predicted octanol–water partition coefficient (Wildman–Crippen LogP) is 1.18. The van der Waals surface area contributed by atoms with Gasteiger partial charge in [0.25, 0.3) is 5.91 Å². The Labute approximate surface area is 119 Å². The van der Waals surface area contributed by atoms with Crippen LogP contribution in [0.4, 0.5) is 0 Å². The summed E-state index contributed by atoms with van der Waals surface area (Å²) >= 11 is 0. The summed E-state index contributed by atoms with van der Waals surface area (Å²) in [6.07, 6.45) is 2.86. The lowest BCUT2D eigenvalue weighted by atomic mass is 9.98. The number of benzene rings is 1. The van der Waals surface area contributed by atoms with E-state index in [1.165, 1.54) is 11.1 Å². The number of hydrogen-bond donors (Lipinski definition) is 2. The van der Waals surface area contributed by atoms with Crippen molar-refractivity contribution >= 4 is 5.91 Å². The number of nitrogens with zero attached hydrogens (tertiary/aromatic N) is 1. The van der Waals surface area contributed by atoms with Crippen LogP contribution in [0.15, 0.2) is 18.2 Å². The average Bonchev–Trinajstić information content (AvgIpc) is 2.95. The molecule has 0 spiro atoms. The minimum Gasteiger partial charge on any atom is -0.396 e. The van der Waals surface area contributed by atoms with Gasteiger partial charge in [0, 0.05) is 31.8 Å². The van der Waals surface area contributed by atoms with Crippen LogP contribution in [0.1, 0.15) is 34.3 Å². The molecule has 0 radical (unpaired) electrons. The fraction of sp³-hybridized carbons (Fsp3) is 0.562. The summed E-state index contributed by atoms with van der Waals surface area (Å²) in [5, 5.41) is 12.3. The number of likely N-dealkylation sites (tertiary alicyclic amines) is 1. The largest absolute Gasteiger partial charge is 0.396 e. The van der Waals surface area contributed by atoms with Crippen LogP contribution in [0.2, 0.25) is 0 Å². The van der Waals surface area contributed by atoms with Crippen molar-refractivity contribution in [1.82, 2.24) is 10.2 Å². The first kappa shape index (κ1) is 13.6. The van der Waals surface area contributed by atoms with E-state index in [-0.39, 0.29) is 12.5 Å². The topological polar surface area (TPSA) is 52.6 Å². The third-order valence-electron chi connectivity index (χ3n) is 4.45. The van der Waals surface area contributed by atoms with Gasteiger partial charge in [-0.15, -0.1) is 0 Å². The molecule has 4 nitrogen and oxygen atoms in total. The number of aliphatic hydroxyl groups excluding tert-OH is 1. The van der Waals surface area contributed by atoms with Gasteiger partial charge in [0.1, 0.15) is 0 Å². The Morgan fingerprint density at radius 3 is 3.15 bits per heavy atom. The number of nitrogens with one attached hydrogen (secondary N) is 1. The van der Waals surface area contributed by atoms with Crippen LogP contribution in [-0.4, -0.2) is 42.2 Å². The molecule has 20 heavy (non-hydrogen) atoms. The van der Waals surface area contributed by atoms with Crippen LogP contribution in [-0.2, 0) is 13.0 Å². The highest BCUT2D eigenvalue weighted by atomic mass is 16.3. The van der Waals surface area contributed by atoms with Gasteiger partial charge < -0.3 is 15.3 Å². The molecule has 0 aliphatic carbocycles. The highest BCUT2D eigenvalue weighted by Crippen LogP contribution is 2.23. The molecule has 3 rings (SSSR count). The molecule has 4 heteroatoms. The minimum absolute atomic E-state index is 0.138. The van der Waals surface area contributed by atoms with E-state index >= 15 is 0 Å². The Morgan fingerprint density at radius 1 is 1.40 bits per heavy atom. The van der Waals surface area contributed by atoms with Crippen molar-refractivity contribution in [3.63, 3.8) is 0 Å². The summed E-state index contributed by atoms with van der Waals surface area (Å²) in [5.41, 5.74) is 3.42. The molecule has 2 aliphatic heterocycles. The number of aliphatic hydroxyl groups is 1. The zero-order chi connectivity index (χ0) is 13.9.